The van der Waals surface area contributed by atoms with E-state index in [0.29, 0.717) is 11.8 Å². The lowest BCUT2D eigenvalue weighted by atomic mass is 9.71. The van der Waals surface area contributed by atoms with Crippen LogP contribution in [0.25, 0.3) is 0 Å². The molecule has 0 aromatic rings. The average Bonchev–Trinajstić information content (AvgIpc) is 2.51. The maximum Gasteiger partial charge on any atom is 0.0725 e. The van der Waals surface area contributed by atoms with Crippen LogP contribution in [0.4, 0.5) is 0 Å². The summed E-state index contributed by atoms with van der Waals surface area (Å²) < 4.78 is 0. The maximum absolute atomic E-state index is 10.8. The zero-order valence-electron chi connectivity index (χ0n) is 9.97. The van der Waals surface area contributed by atoms with Gasteiger partial charge in [0.2, 0.25) is 0 Å². The summed E-state index contributed by atoms with van der Waals surface area (Å²) in [6, 6.07) is 0. The Balaban J connectivity index is 2.04. The fourth-order valence-corrected chi connectivity index (χ4v) is 3.42. The molecule has 2 N–H and O–H groups in total. The molecule has 0 bridgehead atoms. The first-order chi connectivity index (χ1) is 7.23. The highest BCUT2D eigenvalue weighted by Crippen LogP contribution is 2.39. The van der Waals surface area contributed by atoms with E-state index in [2.05, 4.69) is 12.2 Å². The summed E-state index contributed by atoms with van der Waals surface area (Å²) in [5.74, 6) is 0.992. The number of nitrogens with one attached hydrogen (secondary N) is 1. The lowest BCUT2D eigenvalue weighted by Crippen LogP contribution is -2.53. The van der Waals surface area contributed by atoms with E-state index in [0.717, 1.165) is 19.5 Å². The molecule has 2 fully saturated rings. The van der Waals surface area contributed by atoms with E-state index < -0.39 is 0 Å². The number of hydrogen-bond donors (Lipinski definition) is 2. The number of piperidine rings is 1. The Morgan fingerprint density at radius 3 is 2.40 bits per heavy atom. The van der Waals surface area contributed by atoms with Gasteiger partial charge in [-0.3, -0.25) is 0 Å². The van der Waals surface area contributed by atoms with Crippen LogP contribution in [0.15, 0.2) is 0 Å². The van der Waals surface area contributed by atoms with E-state index >= 15 is 0 Å². The SMILES string of the molecule is CC1CNCCC1(O)C1CCCCCC1. The van der Waals surface area contributed by atoms with Crippen molar-refractivity contribution in [2.45, 2.75) is 57.5 Å². The Hall–Kier alpha value is -0.0800. The van der Waals surface area contributed by atoms with Crippen LogP contribution in [0.1, 0.15) is 51.9 Å². The molecule has 0 radical (unpaired) electrons. The van der Waals surface area contributed by atoms with Gasteiger partial charge in [0.15, 0.2) is 0 Å². The van der Waals surface area contributed by atoms with Gasteiger partial charge in [-0.25, -0.2) is 0 Å². The van der Waals surface area contributed by atoms with E-state index in [-0.39, 0.29) is 5.60 Å². The van der Waals surface area contributed by atoms with Gasteiger partial charge in [0.25, 0.3) is 0 Å². The Morgan fingerprint density at radius 1 is 1.13 bits per heavy atom. The zero-order chi connectivity index (χ0) is 10.7. The van der Waals surface area contributed by atoms with Gasteiger partial charge < -0.3 is 10.4 Å². The largest absolute Gasteiger partial charge is 0.389 e. The van der Waals surface area contributed by atoms with E-state index in [1.807, 2.05) is 0 Å². The van der Waals surface area contributed by atoms with Crippen LogP contribution in [-0.2, 0) is 0 Å². The molecule has 1 saturated heterocycles. The number of hydrogen-bond acceptors (Lipinski definition) is 2. The molecule has 2 nitrogen and oxygen atoms in total. The van der Waals surface area contributed by atoms with Gasteiger partial charge in [0.05, 0.1) is 5.60 Å². The summed E-state index contributed by atoms with van der Waals surface area (Å²) in [6.07, 6.45) is 8.86. The van der Waals surface area contributed by atoms with Gasteiger partial charge >= 0.3 is 0 Å². The lowest BCUT2D eigenvalue weighted by Gasteiger charge is -2.44. The first kappa shape index (κ1) is 11.4. The summed E-state index contributed by atoms with van der Waals surface area (Å²) in [7, 11) is 0. The minimum atomic E-state index is -0.365. The molecular weight excluding hydrogens is 186 g/mol. The van der Waals surface area contributed by atoms with Crippen molar-refractivity contribution >= 4 is 0 Å². The minimum absolute atomic E-state index is 0.365. The molecule has 1 aliphatic heterocycles. The molecule has 88 valence electrons. The minimum Gasteiger partial charge on any atom is -0.389 e. The van der Waals surface area contributed by atoms with Crippen molar-refractivity contribution in [2.24, 2.45) is 11.8 Å². The average molecular weight is 211 g/mol. The smallest absolute Gasteiger partial charge is 0.0725 e. The van der Waals surface area contributed by atoms with Crippen molar-refractivity contribution in [3.05, 3.63) is 0 Å². The molecule has 1 aliphatic carbocycles. The van der Waals surface area contributed by atoms with Gasteiger partial charge in [0, 0.05) is 6.54 Å². The second-order valence-electron chi connectivity index (χ2n) is 5.53. The summed E-state index contributed by atoms with van der Waals surface area (Å²) in [6.45, 7) is 4.20. The first-order valence-corrected chi connectivity index (χ1v) is 6.66. The van der Waals surface area contributed by atoms with E-state index in [4.69, 9.17) is 0 Å². The third-order valence-corrected chi connectivity index (χ3v) is 4.57. The Morgan fingerprint density at radius 2 is 1.80 bits per heavy atom. The molecule has 0 spiro atoms. The van der Waals surface area contributed by atoms with Gasteiger partial charge in [-0.15, -0.1) is 0 Å². The summed E-state index contributed by atoms with van der Waals surface area (Å²) in [5, 5.41) is 14.2. The first-order valence-electron chi connectivity index (χ1n) is 6.66. The van der Waals surface area contributed by atoms with Crippen LogP contribution in [0.2, 0.25) is 0 Å². The third kappa shape index (κ3) is 2.36. The van der Waals surface area contributed by atoms with Gasteiger partial charge in [0.1, 0.15) is 0 Å². The molecule has 15 heavy (non-hydrogen) atoms. The molecule has 2 heteroatoms. The van der Waals surface area contributed by atoms with Crippen molar-refractivity contribution < 1.29 is 5.11 Å². The third-order valence-electron chi connectivity index (χ3n) is 4.57. The van der Waals surface area contributed by atoms with Crippen LogP contribution >= 0.6 is 0 Å². The maximum atomic E-state index is 10.8. The quantitative estimate of drug-likeness (QED) is 0.652. The standard InChI is InChI=1S/C13H25NO/c1-11-10-14-9-8-13(11,15)12-6-4-2-3-5-7-12/h11-12,14-15H,2-10H2,1H3. The van der Waals surface area contributed by atoms with E-state index in [1.165, 1.54) is 38.5 Å². The summed E-state index contributed by atoms with van der Waals surface area (Å²) in [4.78, 5) is 0. The number of rotatable bonds is 1. The Labute approximate surface area is 93.5 Å². The highest BCUT2D eigenvalue weighted by atomic mass is 16.3. The molecule has 0 aromatic carbocycles. The molecular formula is C13H25NO. The van der Waals surface area contributed by atoms with Crippen LogP contribution < -0.4 is 5.32 Å². The Bertz CT molecular complexity index is 199. The topological polar surface area (TPSA) is 32.3 Å². The second kappa shape index (κ2) is 4.84. The molecule has 0 amide bonds. The predicted molar refractivity (Wildman–Crippen MR) is 62.8 cm³/mol. The number of aliphatic hydroxyl groups is 1. The molecule has 1 saturated carbocycles. The summed E-state index contributed by atoms with van der Waals surface area (Å²) >= 11 is 0. The van der Waals surface area contributed by atoms with Crippen LogP contribution in [0, 0.1) is 11.8 Å². The van der Waals surface area contributed by atoms with Crippen molar-refractivity contribution in [2.75, 3.05) is 13.1 Å². The van der Waals surface area contributed by atoms with E-state index in [9.17, 15) is 5.11 Å². The zero-order valence-corrected chi connectivity index (χ0v) is 9.97. The van der Waals surface area contributed by atoms with Crippen LogP contribution in [0.3, 0.4) is 0 Å². The molecule has 2 aliphatic rings. The normalized spacial score (nSPS) is 40.0. The monoisotopic (exact) mass is 211 g/mol. The molecule has 0 aromatic heterocycles. The fourth-order valence-electron chi connectivity index (χ4n) is 3.42. The molecule has 2 rings (SSSR count). The van der Waals surface area contributed by atoms with Crippen molar-refractivity contribution in [3.8, 4) is 0 Å². The van der Waals surface area contributed by atoms with Crippen molar-refractivity contribution in [1.29, 1.82) is 0 Å². The predicted octanol–water partition coefficient (Wildman–Crippen LogP) is 2.32. The Kier molecular flexibility index (Phi) is 3.68. The van der Waals surface area contributed by atoms with Crippen molar-refractivity contribution in [1.82, 2.24) is 5.32 Å². The molecule has 2 atom stereocenters. The second-order valence-corrected chi connectivity index (χ2v) is 5.53. The van der Waals surface area contributed by atoms with Crippen LogP contribution in [-0.4, -0.2) is 23.8 Å². The van der Waals surface area contributed by atoms with Gasteiger partial charge in [-0.2, -0.15) is 0 Å². The van der Waals surface area contributed by atoms with Crippen molar-refractivity contribution in [3.63, 3.8) is 0 Å². The molecule has 2 unspecified atom stereocenters. The molecule has 1 heterocycles. The fraction of sp³-hybridized carbons (Fsp3) is 1.00. The lowest BCUT2D eigenvalue weighted by molar-refractivity contribution is -0.0867. The highest BCUT2D eigenvalue weighted by molar-refractivity contribution is 4.95. The van der Waals surface area contributed by atoms with Crippen LogP contribution in [0.5, 0.6) is 0 Å². The van der Waals surface area contributed by atoms with Gasteiger partial charge in [-0.05, 0) is 37.6 Å². The highest BCUT2D eigenvalue weighted by Gasteiger charge is 2.42. The van der Waals surface area contributed by atoms with E-state index in [1.54, 1.807) is 0 Å². The van der Waals surface area contributed by atoms with Gasteiger partial charge in [-0.1, -0.05) is 32.6 Å². The summed E-state index contributed by atoms with van der Waals surface area (Å²) in [5.41, 5.74) is -0.365.